The second-order valence-electron chi connectivity index (χ2n) is 17.7. The topological polar surface area (TPSA) is 60.7 Å². The highest BCUT2D eigenvalue weighted by molar-refractivity contribution is 5.47. The van der Waals surface area contributed by atoms with Crippen molar-refractivity contribution in [1.29, 1.82) is 5.26 Å². The second-order valence-corrected chi connectivity index (χ2v) is 17.7. The summed E-state index contributed by atoms with van der Waals surface area (Å²) in [6.45, 7) is 6.37. The van der Waals surface area contributed by atoms with Gasteiger partial charge in [-0.05, 0) is 147 Å². The molecule has 332 valence electrons. The molecular weight excluding hydrogens is 805 g/mol. The summed E-state index contributed by atoms with van der Waals surface area (Å²) in [6.07, 6.45) is 14.5. The molecule has 62 heavy (non-hydrogen) atoms. The van der Waals surface area contributed by atoms with Crippen molar-refractivity contribution >= 4 is 0 Å². The lowest BCUT2D eigenvalue weighted by atomic mass is 9.88. The second kappa shape index (κ2) is 21.0. The van der Waals surface area contributed by atoms with Crippen LogP contribution in [-0.4, -0.2) is 26.4 Å². The first-order valence-electron chi connectivity index (χ1n) is 22.6. The quantitative estimate of drug-likeness (QED) is 0.0934. The fourth-order valence-corrected chi connectivity index (χ4v) is 9.36. The van der Waals surface area contributed by atoms with Crippen LogP contribution in [0.1, 0.15) is 117 Å². The first-order chi connectivity index (χ1) is 30.0. The monoisotopic (exact) mass is 861 g/mol. The van der Waals surface area contributed by atoms with Crippen LogP contribution in [0.2, 0.25) is 0 Å². The maximum Gasteiger partial charge on any atom is 0.186 e. The van der Waals surface area contributed by atoms with Gasteiger partial charge >= 0.3 is 0 Å². The number of aryl methyl sites for hydroxylation is 2. The number of benzene rings is 4. The van der Waals surface area contributed by atoms with Crippen LogP contribution < -0.4 is 18.9 Å². The third-order valence-electron chi connectivity index (χ3n) is 12.9. The summed E-state index contributed by atoms with van der Waals surface area (Å²) in [7, 11) is 0. The number of nitrogens with zero attached hydrogens (tertiary/aromatic N) is 1. The molecule has 5 nitrogen and oxygen atoms in total. The minimum atomic E-state index is -0.938. The Kier molecular flexibility index (Phi) is 15.3. The van der Waals surface area contributed by atoms with E-state index in [0.29, 0.717) is 92.4 Å². The van der Waals surface area contributed by atoms with Gasteiger partial charge in [-0.25, -0.2) is 26.3 Å². The number of ether oxygens (including phenoxy) is 4. The third-order valence-corrected chi connectivity index (χ3v) is 12.9. The van der Waals surface area contributed by atoms with Gasteiger partial charge in [-0.15, -0.1) is 0 Å². The van der Waals surface area contributed by atoms with E-state index in [2.05, 4.69) is 13.8 Å². The Balaban J connectivity index is 0.000000187. The Morgan fingerprint density at radius 2 is 0.952 bits per heavy atom. The van der Waals surface area contributed by atoms with E-state index in [-0.39, 0.29) is 41.6 Å². The number of hydrogen-bond acceptors (Lipinski definition) is 5. The van der Waals surface area contributed by atoms with Gasteiger partial charge in [0, 0.05) is 17.2 Å². The third kappa shape index (κ3) is 11.0. The Labute approximate surface area is 361 Å². The lowest BCUT2D eigenvalue weighted by molar-refractivity contribution is 0.203. The number of hydrogen-bond donors (Lipinski definition) is 0. The van der Waals surface area contributed by atoms with Crippen LogP contribution in [-0.2, 0) is 38.5 Å². The van der Waals surface area contributed by atoms with Gasteiger partial charge in [0.25, 0.3) is 0 Å². The molecule has 0 amide bonds. The van der Waals surface area contributed by atoms with Gasteiger partial charge in [0.1, 0.15) is 46.4 Å². The van der Waals surface area contributed by atoms with Crippen LogP contribution in [0.15, 0.2) is 42.5 Å². The Morgan fingerprint density at radius 3 is 1.47 bits per heavy atom. The zero-order valence-corrected chi connectivity index (χ0v) is 35.8. The van der Waals surface area contributed by atoms with E-state index in [9.17, 15) is 26.3 Å². The highest BCUT2D eigenvalue weighted by atomic mass is 19.2. The first kappa shape index (κ1) is 45.2. The van der Waals surface area contributed by atoms with Crippen molar-refractivity contribution in [3.8, 4) is 29.1 Å². The molecule has 0 fully saturated rings. The Bertz CT molecular complexity index is 2240. The average molecular weight is 862 g/mol. The summed E-state index contributed by atoms with van der Waals surface area (Å²) in [6, 6.07) is 11.8. The number of halogens is 6. The lowest BCUT2D eigenvalue weighted by Crippen LogP contribution is -2.23. The molecule has 0 aliphatic carbocycles. The van der Waals surface area contributed by atoms with Crippen molar-refractivity contribution < 1.29 is 45.3 Å². The number of fused-ring (bicyclic) bond motifs is 4. The van der Waals surface area contributed by atoms with Gasteiger partial charge in [0.05, 0.1) is 26.4 Å². The highest BCUT2D eigenvalue weighted by Crippen LogP contribution is 2.38. The normalized spacial score (nSPS) is 19.7. The van der Waals surface area contributed by atoms with Gasteiger partial charge in [-0.2, -0.15) is 5.26 Å². The molecule has 0 N–H and O–H groups in total. The van der Waals surface area contributed by atoms with Crippen LogP contribution in [0.4, 0.5) is 26.3 Å². The van der Waals surface area contributed by atoms with Crippen molar-refractivity contribution in [3.63, 3.8) is 0 Å². The number of rotatable bonds is 14. The fourth-order valence-electron chi connectivity index (χ4n) is 9.36. The molecule has 4 heterocycles. The summed E-state index contributed by atoms with van der Waals surface area (Å²) in [4.78, 5) is 0. The molecule has 0 saturated carbocycles. The molecular formula is C51H57F6NO4. The maximum absolute atomic E-state index is 14.8. The molecule has 4 aliphatic heterocycles. The van der Waals surface area contributed by atoms with Gasteiger partial charge in [0.15, 0.2) is 23.1 Å². The van der Waals surface area contributed by atoms with Crippen molar-refractivity contribution in [1.82, 2.24) is 0 Å². The molecule has 8 rings (SSSR count). The molecule has 4 aromatic rings. The smallest absolute Gasteiger partial charge is 0.186 e. The molecule has 0 saturated heterocycles. The predicted octanol–water partition coefficient (Wildman–Crippen LogP) is 12.7. The van der Waals surface area contributed by atoms with Crippen LogP contribution in [0, 0.1) is 69.9 Å². The number of unbranched alkanes of at least 4 members (excludes halogenated alkanes) is 4. The molecule has 4 aromatic carbocycles. The largest absolute Gasteiger partial charge is 0.493 e. The lowest BCUT2D eigenvalue weighted by Gasteiger charge is -2.27. The number of nitriles is 1. The molecule has 0 aromatic heterocycles. The van der Waals surface area contributed by atoms with Crippen molar-refractivity contribution in [3.05, 3.63) is 116 Å². The van der Waals surface area contributed by atoms with Gasteiger partial charge in [-0.1, -0.05) is 52.4 Å². The minimum absolute atomic E-state index is 0.00790. The molecule has 0 spiro atoms. The summed E-state index contributed by atoms with van der Waals surface area (Å²) in [5.41, 5.74) is 3.47. The molecule has 11 heteroatoms. The van der Waals surface area contributed by atoms with Gasteiger partial charge in [0.2, 0.25) is 0 Å². The Morgan fingerprint density at radius 1 is 0.500 bits per heavy atom. The van der Waals surface area contributed by atoms with Gasteiger partial charge in [-0.3, -0.25) is 0 Å². The molecule has 0 bridgehead atoms. The van der Waals surface area contributed by atoms with Crippen LogP contribution in [0.25, 0.3) is 0 Å². The van der Waals surface area contributed by atoms with E-state index in [4.69, 9.17) is 24.2 Å². The van der Waals surface area contributed by atoms with E-state index in [1.54, 1.807) is 12.1 Å². The van der Waals surface area contributed by atoms with E-state index in [1.807, 2.05) is 12.1 Å². The summed E-state index contributed by atoms with van der Waals surface area (Å²) >= 11 is 0. The standard InChI is InChI=1S/C26H28F3NO2.C25H29F3O2/c1-2-3-4-5-16-8-19-10-22(27)18(12-24(19)31-14-16)7-6-17-9-20-11-23(28)21(13-30)25(29)26(20)32-15-17;1-2-3-4-5-16-8-19-11-22(27)18(12-24(19)29-14-16)7-6-17-9-20-10-21(26)13-23(28)25(20)30-15-17/h10-12,16-17H,2-9,14-15H2,1H3;10-13,16-17H,2-9,14-15H2,1H3. The average Bonchev–Trinajstić information content (AvgIpc) is 3.25. The molecule has 4 unspecified atom stereocenters. The predicted molar refractivity (Wildman–Crippen MR) is 226 cm³/mol. The van der Waals surface area contributed by atoms with Crippen molar-refractivity contribution in [2.24, 2.45) is 23.7 Å². The van der Waals surface area contributed by atoms with Crippen molar-refractivity contribution in [2.75, 3.05) is 26.4 Å². The van der Waals surface area contributed by atoms with Crippen molar-refractivity contribution in [2.45, 2.75) is 117 Å². The fraction of sp³-hybridized carbons (Fsp3) is 0.510. The molecule has 4 atom stereocenters. The summed E-state index contributed by atoms with van der Waals surface area (Å²) < 4.78 is 108. The summed E-state index contributed by atoms with van der Waals surface area (Å²) in [5.74, 6) is -0.798. The Hall–Kier alpha value is -4.85. The molecule has 4 aliphatic rings. The maximum atomic E-state index is 14.8. The zero-order valence-electron chi connectivity index (χ0n) is 35.8. The van der Waals surface area contributed by atoms with E-state index in [1.165, 1.54) is 56.7 Å². The van der Waals surface area contributed by atoms with Crippen LogP contribution in [0.3, 0.4) is 0 Å². The minimum Gasteiger partial charge on any atom is -0.493 e. The molecule has 0 radical (unpaired) electrons. The first-order valence-corrected chi connectivity index (χ1v) is 22.6. The highest BCUT2D eigenvalue weighted by Gasteiger charge is 2.29. The van der Waals surface area contributed by atoms with Crippen LogP contribution in [0.5, 0.6) is 23.0 Å². The van der Waals surface area contributed by atoms with E-state index in [0.717, 1.165) is 54.4 Å². The zero-order chi connectivity index (χ0) is 43.8. The van der Waals surface area contributed by atoms with E-state index < -0.39 is 28.8 Å². The summed E-state index contributed by atoms with van der Waals surface area (Å²) in [5, 5.41) is 8.90. The van der Waals surface area contributed by atoms with Crippen LogP contribution >= 0.6 is 0 Å². The van der Waals surface area contributed by atoms with E-state index >= 15 is 0 Å². The van der Waals surface area contributed by atoms with Gasteiger partial charge < -0.3 is 18.9 Å². The SMILES string of the molecule is CCCCCC1COc2cc(CCC3COc4c(F)cc(F)cc4C3)c(F)cc2C1.CCCCCC1COc2cc(CCC3COc4c(cc(F)c(C#N)c4F)C3)c(F)cc2C1.